The van der Waals surface area contributed by atoms with Crippen LogP contribution in [0.15, 0.2) is 43.0 Å². The molecule has 0 aromatic heterocycles. The number of benzene rings is 1. The molecule has 3 atom stereocenters. The molecule has 0 saturated carbocycles. The van der Waals surface area contributed by atoms with Crippen molar-refractivity contribution in [3.05, 3.63) is 48.6 Å². The molecule has 0 aliphatic carbocycles. The minimum atomic E-state index is -1.38. The maximum Gasteiger partial charge on any atom is 0.330 e. The van der Waals surface area contributed by atoms with E-state index in [1.54, 1.807) is 13.0 Å². The van der Waals surface area contributed by atoms with Gasteiger partial charge in [-0.1, -0.05) is 36.4 Å². The number of carbonyl (C=O) groups excluding carboxylic acids is 1. The molecule has 1 aliphatic heterocycles. The third-order valence-corrected chi connectivity index (χ3v) is 3.90. The van der Waals surface area contributed by atoms with Gasteiger partial charge in [0.25, 0.3) is 0 Å². The number of hydrogen-bond donors (Lipinski definition) is 0. The fourth-order valence-corrected chi connectivity index (χ4v) is 2.85. The van der Waals surface area contributed by atoms with Crippen molar-refractivity contribution >= 4 is 5.97 Å². The number of rotatable bonds is 4. The van der Waals surface area contributed by atoms with Gasteiger partial charge in [-0.3, -0.25) is 4.79 Å². The van der Waals surface area contributed by atoms with Crippen LogP contribution in [0.2, 0.25) is 0 Å². The first-order valence-electron chi connectivity index (χ1n) is 7.08. The highest BCUT2D eigenvalue weighted by atomic mass is 16.5. The van der Waals surface area contributed by atoms with Crippen LogP contribution in [0, 0.1) is 22.7 Å². The number of hydrogen-bond acceptors (Lipinski definition) is 4. The Labute approximate surface area is 125 Å². The Kier molecular flexibility index (Phi) is 4.77. The molecule has 21 heavy (non-hydrogen) atoms. The molecule has 4 nitrogen and oxygen atoms in total. The Balaban J connectivity index is 2.52. The third-order valence-electron chi connectivity index (χ3n) is 3.90. The summed E-state index contributed by atoms with van der Waals surface area (Å²) in [5.74, 6) is -0.827. The minimum absolute atomic E-state index is 0.230. The van der Waals surface area contributed by atoms with Crippen LogP contribution in [-0.4, -0.2) is 19.2 Å². The van der Waals surface area contributed by atoms with Gasteiger partial charge in [0.1, 0.15) is 6.10 Å². The van der Waals surface area contributed by atoms with Crippen molar-refractivity contribution in [3.63, 3.8) is 0 Å². The summed E-state index contributed by atoms with van der Waals surface area (Å²) in [7, 11) is 0. The second-order valence-corrected chi connectivity index (χ2v) is 4.99. The van der Waals surface area contributed by atoms with Gasteiger partial charge in [-0.2, -0.15) is 5.26 Å². The molecule has 1 unspecified atom stereocenters. The van der Waals surface area contributed by atoms with E-state index in [1.807, 2.05) is 30.3 Å². The van der Waals surface area contributed by atoms with Gasteiger partial charge in [0, 0.05) is 12.5 Å². The van der Waals surface area contributed by atoms with Gasteiger partial charge in [-0.15, -0.1) is 6.58 Å². The second-order valence-electron chi connectivity index (χ2n) is 4.99. The van der Waals surface area contributed by atoms with Crippen molar-refractivity contribution in [1.29, 1.82) is 5.26 Å². The van der Waals surface area contributed by atoms with Crippen LogP contribution >= 0.6 is 0 Å². The van der Waals surface area contributed by atoms with Gasteiger partial charge >= 0.3 is 5.97 Å². The van der Waals surface area contributed by atoms with E-state index in [-0.39, 0.29) is 12.5 Å². The topological polar surface area (TPSA) is 59.3 Å². The number of nitriles is 1. The molecule has 110 valence electrons. The summed E-state index contributed by atoms with van der Waals surface area (Å²) in [6, 6.07) is 11.5. The minimum Gasteiger partial charge on any atom is -0.465 e. The van der Waals surface area contributed by atoms with E-state index in [4.69, 9.17) is 9.47 Å². The molecule has 0 radical (unpaired) electrons. The molecular weight excluding hydrogens is 266 g/mol. The molecule has 0 amide bonds. The summed E-state index contributed by atoms with van der Waals surface area (Å²) >= 11 is 0. The van der Waals surface area contributed by atoms with Crippen molar-refractivity contribution in [3.8, 4) is 6.07 Å². The first-order valence-corrected chi connectivity index (χ1v) is 7.08. The Bertz CT molecular complexity index is 549. The van der Waals surface area contributed by atoms with Gasteiger partial charge in [0.05, 0.1) is 12.7 Å². The van der Waals surface area contributed by atoms with Crippen LogP contribution in [0.5, 0.6) is 0 Å². The molecule has 1 aromatic carbocycles. The summed E-state index contributed by atoms with van der Waals surface area (Å²) in [6.45, 7) is 6.23. The van der Waals surface area contributed by atoms with E-state index in [0.29, 0.717) is 13.0 Å². The summed E-state index contributed by atoms with van der Waals surface area (Å²) in [6.07, 6.45) is 1.61. The summed E-state index contributed by atoms with van der Waals surface area (Å²) in [5.41, 5.74) is -0.573. The van der Waals surface area contributed by atoms with E-state index in [2.05, 4.69) is 12.6 Å². The lowest BCUT2D eigenvalue weighted by Gasteiger charge is -2.41. The summed E-state index contributed by atoms with van der Waals surface area (Å²) < 4.78 is 11.0. The molecule has 0 bridgehead atoms. The lowest BCUT2D eigenvalue weighted by molar-refractivity contribution is -0.172. The lowest BCUT2D eigenvalue weighted by Crippen LogP contribution is -2.47. The van der Waals surface area contributed by atoms with E-state index >= 15 is 0 Å². The number of nitrogens with zero attached hydrogens (tertiary/aromatic N) is 1. The molecule has 4 heteroatoms. The molecule has 0 N–H and O–H groups in total. The van der Waals surface area contributed by atoms with Crippen LogP contribution in [0.1, 0.15) is 25.0 Å². The van der Waals surface area contributed by atoms with Gasteiger partial charge in [-0.25, -0.2) is 0 Å². The highest BCUT2D eigenvalue weighted by Gasteiger charge is 2.56. The second kappa shape index (κ2) is 6.55. The van der Waals surface area contributed by atoms with E-state index in [0.717, 1.165) is 5.56 Å². The van der Waals surface area contributed by atoms with Crippen molar-refractivity contribution < 1.29 is 14.3 Å². The Morgan fingerprint density at radius 3 is 2.86 bits per heavy atom. The first kappa shape index (κ1) is 15.3. The number of carbonyl (C=O) groups is 1. The molecule has 1 heterocycles. The SMILES string of the molecule is C=C[C@H]1CCO[C@@H](c2ccccc2)C1(C#N)C(=O)OCC. The van der Waals surface area contributed by atoms with E-state index < -0.39 is 17.5 Å². The fraction of sp³-hybridized carbons (Fsp3) is 0.412. The highest BCUT2D eigenvalue weighted by molar-refractivity contribution is 5.82. The Hall–Kier alpha value is -2.12. The molecule has 1 aromatic rings. The van der Waals surface area contributed by atoms with Crippen molar-refractivity contribution in [2.75, 3.05) is 13.2 Å². The quantitative estimate of drug-likeness (QED) is 0.630. The zero-order valence-corrected chi connectivity index (χ0v) is 12.1. The van der Waals surface area contributed by atoms with Crippen molar-refractivity contribution in [2.45, 2.75) is 19.4 Å². The number of esters is 1. The Morgan fingerprint density at radius 2 is 2.29 bits per heavy atom. The zero-order valence-electron chi connectivity index (χ0n) is 12.1. The normalized spacial score (nSPS) is 28.4. The van der Waals surface area contributed by atoms with Gasteiger partial charge < -0.3 is 9.47 Å². The molecule has 1 fully saturated rings. The van der Waals surface area contributed by atoms with Crippen LogP contribution in [0.4, 0.5) is 0 Å². The van der Waals surface area contributed by atoms with Crippen LogP contribution in [0.25, 0.3) is 0 Å². The summed E-state index contributed by atoms with van der Waals surface area (Å²) in [5, 5.41) is 9.79. The Morgan fingerprint density at radius 1 is 1.57 bits per heavy atom. The van der Waals surface area contributed by atoms with Crippen LogP contribution in [-0.2, 0) is 14.3 Å². The standard InChI is InChI=1S/C17H19NO3/c1-3-14-10-11-21-15(13-8-6-5-7-9-13)17(14,12-18)16(19)20-4-2/h3,5-9,14-15H,1,4,10-11H2,2H3/t14-,15-,17?/m0/s1. The predicted molar refractivity (Wildman–Crippen MR) is 78.1 cm³/mol. The van der Waals surface area contributed by atoms with Crippen LogP contribution in [0.3, 0.4) is 0 Å². The van der Waals surface area contributed by atoms with E-state index in [9.17, 15) is 10.1 Å². The highest BCUT2D eigenvalue weighted by Crippen LogP contribution is 2.48. The average molecular weight is 285 g/mol. The fourth-order valence-electron chi connectivity index (χ4n) is 2.85. The lowest BCUT2D eigenvalue weighted by atomic mass is 9.67. The van der Waals surface area contributed by atoms with Gasteiger partial charge in [0.2, 0.25) is 0 Å². The third kappa shape index (κ3) is 2.57. The van der Waals surface area contributed by atoms with Gasteiger partial charge in [-0.05, 0) is 18.9 Å². The molecule has 1 aliphatic rings. The van der Waals surface area contributed by atoms with Crippen molar-refractivity contribution in [1.82, 2.24) is 0 Å². The number of allylic oxidation sites excluding steroid dienone is 1. The average Bonchev–Trinajstić information content (AvgIpc) is 2.54. The maximum absolute atomic E-state index is 12.5. The van der Waals surface area contributed by atoms with Crippen molar-refractivity contribution in [2.24, 2.45) is 11.3 Å². The van der Waals surface area contributed by atoms with Crippen LogP contribution < -0.4 is 0 Å². The zero-order chi connectivity index (χ0) is 15.3. The predicted octanol–water partition coefficient (Wildman–Crippen LogP) is 3.02. The van der Waals surface area contributed by atoms with Gasteiger partial charge in [0.15, 0.2) is 5.41 Å². The largest absolute Gasteiger partial charge is 0.465 e. The van der Waals surface area contributed by atoms with E-state index in [1.165, 1.54) is 0 Å². The molecule has 2 rings (SSSR count). The molecule has 0 spiro atoms. The summed E-state index contributed by atoms with van der Waals surface area (Å²) in [4.78, 5) is 12.5. The number of ether oxygens (including phenoxy) is 2. The molecular formula is C17H19NO3. The first-order chi connectivity index (χ1) is 10.2. The maximum atomic E-state index is 12.5. The monoisotopic (exact) mass is 285 g/mol. The smallest absolute Gasteiger partial charge is 0.330 e. The molecule has 1 saturated heterocycles.